The molecule has 1 fully saturated rings. The highest BCUT2D eigenvalue weighted by atomic mass is 35.5. The Kier molecular flexibility index (Phi) is 4.03. The van der Waals surface area contributed by atoms with Gasteiger partial charge in [-0.25, -0.2) is 4.99 Å². The molecule has 1 saturated heterocycles. The summed E-state index contributed by atoms with van der Waals surface area (Å²) in [6.45, 7) is 0. The highest BCUT2D eigenvalue weighted by Crippen LogP contribution is 2.28. The molecule has 1 aliphatic heterocycles. The Morgan fingerprint density at radius 2 is 2.19 bits per heavy atom. The number of nitrogens with one attached hydrogen (secondary N) is 1. The van der Waals surface area contributed by atoms with Crippen molar-refractivity contribution in [2.75, 3.05) is 0 Å². The van der Waals surface area contributed by atoms with Gasteiger partial charge in [0.05, 0.1) is 10.6 Å². The minimum Gasteiger partial charge on any atom is -0.300 e. The number of amides is 1. The molecule has 0 aliphatic carbocycles. The molecular weight excluding hydrogens is 306 g/mol. The molecule has 2 heterocycles. The molecule has 1 N–H and O–H groups in total. The van der Waals surface area contributed by atoms with Crippen LogP contribution < -0.4 is 5.32 Å². The summed E-state index contributed by atoms with van der Waals surface area (Å²) in [5.41, 5.74) is 1.60. The molecular formula is C15H10ClN3OS. The van der Waals surface area contributed by atoms with Crippen LogP contribution in [0.2, 0.25) is 5.02 Å². The van der Waals surface area contributed by atoms with E-state index in [9.17, 15) is 4.79 Å². The molecule has 0 saturated carbocycles. The van der Waals surface area contributed by atoms with Gasteiger partial charge in [0.2, 0.25) is 0 Å². The fourth-order valence-corrected chi connectivity index (χ4v) is 2.72. The van der Waals surface area contributed by atoms with E-state index in [4.69, 9.17) is 11.6 Å². The van der Waals surface area contributed by atoms with Crippen molar-refractivity contribution in [3.05, 3.63) is 64.3 Å². The first kappa shape index (κ1) is 13.9. The van der Waals surface area contributed by atoms with Gasteiger partial charge in [-0.05, 0) is 47.7 Å². The van der Waals surface area contributed by atoms with Crippen LogP contribution in [-0.4, -0.2) is 16.1 Å². The number of rotatable bonds is 2. The summed E-state index contributed by atoms with van der Waals surface area (Å²) in [5.74, 6) is 0.524. The highest BCUT2D eigenvalue weighted by Gasteiger charge is 2.23. The number of hydrogen-bond donors (Lipinski definition) is 1. The summed E-state index contributed by atoms with van der Waals surface area (Å²) < 4.78 is 0. The van der Waals surface area contributed by atoms with Gasteiger partial charge in [-0.3, -0.25) is 9.78 Å². The minimum absolute atomic E-state index is 0.147. The third-order valence-corrected chi connectivity index (χ3v) is 3.74. The molecule has 1 aromatic carbocycles. The summed E-state index contributed by atoms with van der Waals surface area (Å²) in [5, 5.41) is 3.19. The molecule has 0 unspecified atom stereocenters. The van der Waals surface area contributed by atoms with Crippen LogP contribution in [0.3, 0.4) is 0 Å². The molecule has 2 aromatic rings. The smallest absolute Gasteiger partial charge is 0.289 e. The summed E-state index contributed by atoms with van der Waals surface area (Å²) in [4.78, 5) is 20.8. The normalized spacial score (nSPS) is 18.2. The quantitative estimate of drug-likeness (QED) is 0.900. The first-order valence-electron chi connectivity index (χ1n) is 6.16. The second kappa shape index (κ2) is 6.11. The molecule has 21 heavy (non-hydrogen) atoms. The maximum absolute atomic E-state index is 11.6. The van der Waals surface area contributed by atoms with Crippen molar-refractivity contribution < 1.29 is 4.79 Å². The number of pyridine rings is 1. The molecule has 1 amide bonds. The fraction of sp³-hybridized carbons (Fsp3) is 0. The molecule has 1 aliphatic rings. The number of carbonyl (C=O) groups is 1. The zero-order valence-corrected chi connectivity index (χ0v) is 12.4. The number of nitrogens with zero attached hydrogens (tertiary/aromatic N) is 2. The maximum atomic E-state index is 11.6. The van der Waals surface area contributed by atoms with Gasteiger partial charge in [0.25, 0.3) is 5.24 Å². The largest absolute Gasteiger partial charge is 0.300 e. The minimum atomic E-state index is -0.147. The average molecular weight is 316 g/mol. The van der Waals surface area contributed by atoms with Crippen LogP contribution in [0.5, 0.6) is 0 Å². The molecule has 0 atom stereocenters. The van der Waals surface area contributed by atoms with Gasteiger partial charge in [0.15, 0.2) is 0 Å². The van der Waals surface area contributed by atoms with Gasteiger partial charge < -0.3 is 5.32 Å². The second-order valence-corrected chi connectivity index (χ2v) is 5.70. The van der Waals surface area contributed by atoms with Crippen molar-refractivity contribution in [3.63, 3.8) is 0 Å². The van der Waals surface area contributed by atoms with Crippen LogP contribution in [0.1, 0.15) is 5.56 Å². The molecule has 4 nitrogen and oxygen atoms in total. The van der Waals surface area contributed by atoms with Crippen LogP contribution in [-0.2, 0) is 0 Å². The number of thioether (sulfide) groups is 1. The van der Waals surface area contributed by atoms with E-state index >= 15 is 0 Å². The molecule has 0 spiro atoms. The highest BCUT2D eigenvalue weighted by molar-refractivity contribution is 8.18. The molecule has 6 heteroatoms. The lowest BCUT2D eigenvalue weighted by Gasteiger charge is -2.00. The van der Waals surface area contributed by atoms with Gasteiger partial charge in [-0.15, -0.1) is 0 Å². The van der Waals surface area contributed by atoms with Crippen LogP contribution in [0.15, 0.2) is 58.7 Å². The number of aliphatic imine (C=N–C) groups is 1. The van der Waals surface area contributed by atoms with E-state index in [1.54, 1.807) is 24.5 Å². The topological polar surface area (TPSA) is 54.4 Å². The van der Waals surface area contributed by atoms with E-state index in [2.05, 4.69) is 15.3 Å². The summed E-state index contributed by atoms with van der Waals surface area (Å²) in [6.07, 6.45) is 5.31. The Labute approximate surface area is 131 Å². The third kappa shape index (κ3) is 3.51. The Morgan fingerprint density at radius 3 is 2.95 bits per heavy atom. The fourth-order valence-electron chi connectivity index (χ4n) is 1.80. The standard InChI is InChI=1S/C15H10ClN3OS/c16-11-4-1-5-12(8-11)18-14-13(21-15(20)19-14)7-10-3-2-6-17-9-10/h1-9H,(H,18,19,20)/b13-7+. The van der Waals surface area contributed by atoms with Crippen molar-refractivity contribution in [1.82, 2.24) is 10.3 Å². The Hall–Kier alpha value is -2.11. The second-order valence-electron chi connectivity index (χ2n) is 4.25. The van der Waals surface area contributed by atoms with Gasteiger partial charge >= 0.3 is 0 Å². The lowest BCUT2D eigenvalue weighted by molar-refractivity contribution is 0.265. The zero-order chi connectivity index (χ0) is 14.7. The van der Waals surface area contributed by atoms with Crippen LogP contribution >= 0.6 is 23.4 Å². The van der Waals surface area contributed by atoms with Crippen LogP contribution in [0.4, 0.5) is 10.5 Å². The lowest BCUT2D eigenvalue weighted by Crippen LogP contribution is -2.18. The van der Waals surface area contributed by atoms with E-state index in [-0.39, 0.29) is 5.24 Å². The molecule has 3 rings (SSSR count). The first-order valence-corrected chi connectivity index (χ1v) is 7.35. The van der Waals surface area contributed by atoms with Gasteiger partial charge in [-0.1, -0.05) is 23.7 Å². The average Bonchev–Trinajstić information content (AvgIpc) is 2.80. The summed E-state index contributed by atoms with van der Waals surface area (Å²) in [7, 11) is 0. The first-order chi connectivity index (χ1) is 10.2. The van der Waals surface area contributed by atoms with E-state index in [0.29, 0.717) is 16.5 Å². The number of amidine groups is 1. The van der Waals surface area contributed by atoms with E-state index in [0.717, 1.165) is 22.2 Å². The molecule has 104 valence electrons. The van der Waals surface area contributed by atoms with Crippen molar-refractivity contribution >= 4 is 46.2 Å². The van der Waals surface area contributed by atoms with E-state index in [1.165, 1.54) is 0 Å². The number of halogens is 1. The number of carbonyl (C=O) groups excluding carboxylic acids is 1. The molecule has 0 radical (unpaired) electrons. The zero-order valence-electron chi connectivity index (χ0n) is 10.8. The van der Waals surface area contributed by atoms with Crippen LogP contribution in [0, 0.1) is 0 Å². The number of aromatic nitrogens is 1. The molecule has 0 bridgehead atoms. The Morgan fingerprint density at radius 1 is 1.29 bits per heavy atom. The van der Waals surface area contributed by atoms with E-state index < -0.39 is 0 Å². The summed E-state index contributed by atoms with van der Waals surface area (Å²) >= 11 is 7.05. The van der Waals surface area contributed by atoms with Crippen molar-refractivity contribution in [3.8, 4) is 0 Å². The monoisotopic (exact) mass is 315 g/mol. The van der Waals surface area contributed by atoms with Crippen molar-refractivity contribution in [2.45, 2.75) is 0 Å². The number of hydrogen-bond acceptors (Lipinski definition) is 4. The number of benzene rings is 1. The predicted molar refractivity (Wildman–Crippen MR) is 86.9 cm³/mol. The van der Waals surface area contributed by atoms with E-state index in [1.807, 2.05) is 30.3 Å². The van der Waals surface area contributed by atoms with Gasteiger partial charge in [-0.2, -0.15) is 0 Å². The van der Waals surface area contributed by atoms with Crippen LogP contribution in [0.25, 0.3) is 6.08 Å². The Balaban J connectivity index is 1.96. The van der Waals surface area contributed by atoms with Crippen molar-refractivity contribution in [2.24, 2.45) is 4.99 Å². The molecule has 1 aromatic heterocycles. The van der Waals surface area contributed by atoms with Gasteiger partial charge in [0.1, 0.15) is 5.84 Å². The lowest BCUT2D eigenvalue weighted by atomic mass is 10.2. The summed E-state index contributed by atoms with van der Waals surface area (Å²) in [6, 6.07) is 10.9. The predicted octanol–water partition coefficient (Wildman–Crippen LogP) is 4.26. The van der Waals surface area contributed by atoms with Gasteiger partial charge in [0, 0.05) is 17.4 Å². The maximum Gasteiger partial charge on any atom is 0.289 e. The third-order valence-electron chi connectivity index (χ3n) is 2.69. The Bertz CT molecular complexity index is 744. The SMILES string of the molecule is O=C1NC(=Nc2cccc(Cl)c2)/C(=C\c2cccnc2)S1. The van der Waals surface area contributed by atoms with Crippen molar-refractivity contribution in [1.29, 1.82) is 0 Å².